The van der Waals surface area contributed by atoms with Crippen molar-refractivity contribution >= 4 is 0 Å². The van der Waals surface area contributed by atoms with Crippen LogP contribution in [0.15, 0.2) is 18.2 Å². The van der Waals surface area contributed by atoms with Crippen molar-refractivity contribution in [2.45, 2.75) is 39.7 Å². The Balaban J connectivity index is 2.10. The van der Waals surface area contributed by atoms with E-state index in [2.05, 4.69) is 26.1 Å². The minimum absolute atomic E-state index is 0.0425. The molecule has 0 saturated carbocycles. The molecule has 0 bridgehead atoms. The van der Waals surface area contributed by atoms with E-state index in [1.54, 1.807) is 6.07 Å². The summed E-state index contributed by atoms with van der Waals surface area (Å²) in [5, 5.41) is 3.50. The van der Waals surface area contributed by atoms with E-state index >= 15 is 0 Å². The Morgan fingerprint density at radius 1 is 1.33 bits per heavy atom. The van der Waals surface area contributed by atoms with Crippen molar-refractivity contribution in [2.75, 3.05) is 19.7 Å². The summed E-state index contributed by atoms with van der Waals surface area (Å²) in [6.07, 6.45) is 1.76. The summed E-state index contributed by atoms with van der Waals surface area (Å²) in [6, 6.07) is 4.19. The first-order valence-electron chi connectivity index (χ1n) is 7.69. The third-order valence-electron chi connectivity index (χ3n) is 4.40. The highest BCUT2D eigenvalue weighted by Gasteiger charge is 2.41. The predicted molar refractivity (Wildman–Crippen MR) is 80.2 cm³/mol. The van der Waals surface area contributed by atoms with Crippen molar-refractivity contribution in [3.05, 3.63) is 35.4 Å². The van der Waals surface area contributed by atoms with Gasteiger partial charge >= 0.3 is 0 Å². The van der Waals surface area contributed by atoms with Gasteiger partial charge in [-0.05, 0) is 49.9 Å². The number of nitrogens with one attached hydrogen (secondary N) is 1. The molecule has 0 aromatic heterocycles. The number of ether oxygens (including phenoxy) is 1. The Labute approximate surface area is 125 Å². The standard InChI is InChI=1S/C17H25F2NO/c1-12(2)10-20-11-17(6-7-21-13(17)3)9-14-4-5-15(18)16(19)8-14/h4-5,8,12-13,20H,6-7,9-11H2,1-3H3. The second kappa shape index (κ2) is 6.84. The maximum atomic E-state index is 13.4. The minimum Gasteiger partial charge on any atom is -0.378 e. The first-order chi connectivity index (χ1) is 9.93. The molecule has 2 nitrogen and oxygen atoms in total. The van der Waals surface area contributed by atoms with Gasteiger partial charge in [-0.15, -0.1) is 0 Å². The van der Waals surface area contributed by atoms with Crippen molar-refractivity contribution in [3.63, 3.8) is 0 Å². The van der Waals surface area contributed by atoms with Gasteiger partial charge in [0.05, 0.1) is 6.10 Å². The molecule has 1 aliphatic rings. The smallest absolute Gasteiger partial charge is 0.159 e. The van der Waals surface area contributed by atoms with Crippen LogP contribution < -0.4 is 5.32 Å². The van der Waals surface area contributed by atoms with Crippen LogP contribution in [-0.2, 0) is 11.2 Å². The summed E-state index contributed by atoms with van der Waals surface area (Å²) in [5.41, 5.74) is 0.789. The van der Waals surface area contributed by atoms with Crippen LogP contribution in [0, 0.1) is 23.0 Å². The summed E-state index contributed by atoms with van der Waals surface area (Å²) >= 11 is 0. The molecule has 1 heterocycles. The van der Waals surface area contributed by atoms with Crippen molar-refractivity contribution in [1.82, 2.24) is 5.32 Å². The van der Waals surface area contributed by atoms with Crippen LogP contribution in [0.5, 0.6) is 0 Å². The normalized spacial score (nSPS) is 25.7. The van der Waals surface area contributed by atoms with E-state index in [0.717, 1.165) is 31.7 Å². The van der Waals surface area contributed by atoms with E-state index in [1.165, 1.54) is 12.1 Å². The van der Waals surface area contributed by atoms with Gasteiger partial charge in [0.2, 0.25) is 0 Å². The van der Waals surface area contributed by atoms with Gasteiger partial charge in [-0.3, -0.25) is 0 Å². The molecule has 0 spiro atoms. The fourth-order valence-corrected chi connectivity index (χ4v) is 3.01. The number of benzene rings is 1. The third kappa shape index (κ3) is 4.01. The molecule has 4 heteroatoms. The van der Waals surface area contributed by atoms with Crippen LogP contribution in [-0.4, -0.2) is 25.8 Å². The molecule has 0 radical (unpaired) electrons. The number of hydrogen-bond donors (Lipinski definition) is 1. The molecular formula is C17H25F2NO. The summed E-state index contributed by atoms with van der Waals surface area (Å²) in [7, 11) is 0. The van der Waals surface area contributed by atoms with Crippen molar-refractivity contribution in [1.29, 1.82) is 0 Å². The number of rotatable bonds is 6. The first-order valence-corrected chi connectivity index (χ1v) is 7.69. The fraction of sp³-hybridized carbons (Fsp3) is 0.647. The predicted octanol–water partition coefficient (Wildman–Crippen LogP) is 3.55. The van der Waals surface area contributed by atoms with Gasteiger partial charge in [0.15, 0.2) is 11.6 Å². The lowest BCUT2D eigenvalue weighted by Crippen LogP contribution is -2.42. The highest BCUT2D eigenvalue weighted by Crippen LogP contribution is 2.38. The zero-order chi connectivity index (χ0) is 15.5. The van der Waals surface area contributed by atoms with Gasteiger partial charge in [-0.25, -0.2) is 8.78 Å². The minimum atomic E-state index is -0.790. The van der Waals surface area contributed by atoms with E-state index in [1.807, 2.05) is 0 Å². The van der Waals surface area contributed by atoms with Crippen LogP contribution in [0.25, 0.3) is 0 Å². The molecule has 118 valence electrons. The molecule has 1 aliphatic heterocycles. The SMILES string of the molecule is CC(C)CNCC1(Cc2ccc(F)c(F)c2)CCOC1C. The third-order valence-corrected chi connectivity index (χ3v) is 4.40. The molecular weight excluding hydrogens is 272 g/mol. The quantitative estimate of drug-likeness (QED) is 0.867. The van der Waals surface area contributed by atoms with Crippen molar-refractivity contribution in [2.24, 2.45) is 11.3 Å². The molecule has 1 saturated heterocycles. The molecule has 1 aromatic carbocycles. The van der Waals surface area contributed by atoms with Crippen LogP contribution in [0.3, 0.4) is 0 Å². The van der Waals surface area contributed by atoms with Crippen LogP contribution in [0.2, 0.25) is 0 Å². The molecule has 21 heavy (non-hydrogen) atoms. The van der Waals surface area contributed by atoms with Crippen LogP contribution in [0.4, 0.5) is 8.78 Å². The molecule has 1 fully saturated rings. The van der Waals surface area contributed by atoms with E-state index in [0.29, 0.717) is 12.3 Å². The van der Waals surface area contributed by atoms with Crippen molar-refractivity contribution < 1.29 is 13.5 Å². The lowest BCUT2D eigenvalue weighted by Gasteiger charge is -2.33. The van der Waals surface area contributed by atoms with Gasteiger partial charge in [-0.1, -0.05) is 19.9 Å². The van der Waals surface area contributed by atoms with E-state index in [4.69, 9.17) is 4.74 Å². The fourth-order valence-electron chi connectivity index (χ4n) is 3.01. The van der Waals surface area contributed by atoms with Gasteiger partial charge in [0.1, 0.15) is 0 Å². The summed E-state index contributed by atoms with van der Waals surface area (Å²) in [4.78, 5) is 0. The number of halogens is 2. The first kappa shape index (κ1) is 16.4. The maximum absolute atomic E-state index is 13.4. The Hall–Kier alpha value is -1.00. The molecule has 1 aromatic rings. The molecule has 2 unspecified atom stereocenters. The average molecular weight is 297 g/mol. The Morgan fingerprint density at radius 3 is 2.67 bits per heavy atom. The number of hydrogen-bond acceptors (Lipinski definition) is 2. The summed E-state index contributed by atoms with van der Waals surface area (Å²) in [6.45, 7) is 8.93. The zero-order valence-corrected chi connectivity index (χ0v) is 13.1. The Bertz CT molecular complexity index is 478. The summed E-state index contributed by atoms with van der Waals surface area (Å²) in [5.74, 6) is -0.978. The molecule has 2 atom stereocenters. The van der Waals surface area contributed by atoms with Gasteiger partial charge in [0, 0.05) is 18.6 Å². The van der Waals surface area contributed by atoms with Crippen molar-refractivity contribution in [3.8, 4) is 0 Å². The lowest BCUT2D eigenvalue weighted by atomic mass is 9.76. The highest BCUT2D eigenvalue weighted by atomic mass is 19.2. The zero-order valence-electron chi connectivity index (χ0n) is 13.1. The van der Waals surface area contributed by atoms with Gasteiger partial charge in [-0.2, -0.15) is 0 Å². The molecule has 0 amide bonds. The molecule has 1 N–H and O–H groups in total. The average Bonchev–Trinajstić information content (AvgIpc) is 2.75. The van der Waals surface area contributed by atoms with E-state index in [9.17, 15) is 8.78 Å². The highest BCUT2D eigenvalue weighted by molar-refractivity contribution is 5.20. The monoisotopic (exact) mass is 297 g/mol. The maximum Gasteiger partial charge on any atom is 0.159 e. The second-order valence-electron chi connectivity index (χ2n) is 6.58. The van der Waals surface area contributed by atoms with E-state index < -0.39 is 11.6 Å². The Kier molecular flexibility index (Phi) is 5.33. The van der Waals surface area contributed by atoms with Gasteiger partial charge in [0.25, 0.3) is 0 Å². The lowest BCUT2D eigenvalue weighted by molar-refractivity contribution is 0.0626. The second-order valence-corrected chi connectivity index (χ2v) is 6.58. The van der Waals surface area contributed by atoms with Crippen LogP contribution >= 0.6 is 0 Å². The topological polar surface area (TPSA) is 21.3 Å². The Morgan fingerprint density at radius 2 is 2.10 bits per heavy atom. The molecule has 0 aliphatic carbocycles. The summed E-state index contributed by atoms with van der Waals surface area (Å²) < 4.78 is 32.2. The largest absolute Gasteiger partial charge is 0.378 e. The van der Waals surface area contributed by atoms with Gasteiger partial charge < -0.3 is 10.1 Å². The van der Waals surface area contributed by atoms with Crippen LogP contribution in [0.1, 0.15) is 32.8 Å². The molecule has 2 rings (SSSR count). The van der Waals surface area contributed by atoms with E-state index in [-0.39, 0.29) is 11.5 Å².